The van der Waals surface area contributed by atoms with E-state index in [0.29, 0.717) is 33.3 Å². The minimum absolute atomic E-state index is 0.436. The third-order valence-corrected chi connectivity index (χ3v) is 4.23. The monoisotopic (exact) mass is 338 g/mol. The van der Waals surface area contributed by atoms with Crippen molar-refractivity contribution in [2.45, 2.75) is 18.0 Å². The lowest BCUT2D eigenvalue weighted by Gasteiger charge is -2.11. The van der Waals surface area contributed by atoms with Gasteiger partial charge < -0.3 is 4.57 Å². The number of aryl methyl sites for hydroxylation is 1. The Bertz CT molecular complexity index is 858. The molecule has 0 aliphatic heterocycles. The topological polar surface area (TPSA) is 43.6 Å². The van der Waals surface area contributed by atoms with Gasteiger partial charge in [0, 0.05) is 24.3 Å². The van der Waals surface area contributed by atoms with Crippen LogP contribution in [0, 0.1) is 0 Å². The predicted octanol–water partition coefficient (Wildman–Crippen LogP) is 4.16. The Hall–Kier alpha value is -2.09. The summed E-state index contributed by atoms with van der Waals surface area (Å²) >= 11 is 1.31. The maximum absolute atomic E-state index is 12.9. The second kappa shape index (κ2) is 5.84. The first kappa shape index (κ1) is 15.8. The molecule has 0 spiro atoms. The summed E-state index contributed by atoms with van der Waals surface area (Å²) in [4.78, 5) is 13.2. The van der Waals surface area contributed by atoms with Crippen molar-refractivity contribution in [2.75, 3.05) is 5.75 Å². The molecule has 0 aliphatic rings. The first-order valence-electron chi connectivity index (χ1n) is 6.89. The van der Waals surface area contributed by atoms with Gasteiger partial charge in [-0.2, -0.15) is 13.2 Å². The van der Waals surface area contributed by atoms with Crippen molar-refractivity contribution in [3.63, 3.8) is 0 Å². The second-order valence-electron chi connectivity index (χ2n) is 4.84. The van der Waals surface area contributed by atoms with Crippen LogP contribution in [0.4, 0.5) is 13.2 Å². The van der Waals surface area contributed by atoms with E-state index >= 15 is 0 Å². The van der Waals surface area contributed by atoms with Gasteiger partial charge in [0.25, 0.3) is 0 Å². The molecular weight excluding hydrogens is 325 g/mol. The third-order valence-electron chi connectivity index (χ3n) is 3.32. The molecule has 3 aromatic heterocycles. The van der Waals surface area contributed by atoms with Gasteiger partial charge in [0.05, 0.1) is 5.56 Å². The second-order valence-corrected chi connectivity index (χ2v) is 6.15. The van der Waals surface area contributed by atoms with E-state index in [0.717, 1.165) is 12.3 Å². The van der Waals surface area contributed by atoms with Gasteiger partial charge in [0.1, 0.15) is 11.2 Å². The van der Waals surface area contributed by atoms with Gasteiger partial charge in [-0.05, 0) is 24.0 Å². The molecule has 0 amide bonds. The third kappa shape index (κ3) is 2.90. The molecule has 23 heavy (non-hydrogen) atoms. The number of pyridine rings is 2. The van der Waals surface area contributed by atoms with Crippen LogP contribution in [0.2, 0.25) is 0 Å². The van der Waals surface area contributed by atoms with Gasteiger partial charge in [-0.25, -0.2) is 9.97 Å². The van der Waals surface area contributed by atoms with E-state index in [-0.39, 0.29) is 0 Å². The number of alkyl halides is 3. The van der Waals surface area contributed by atoms with Crippen LogP contribution in [0.5, 0.6) is 0 Å². The summed E-state index contributed by atoms with van der Waals surface area (Å²) in [7, 11) is 1.78. The Morgan fingerprint density at radius 3 is 2.70 bits per heavy atom. The van der Waals surface area contributed by atoms with Gasteiger partial charge in [0.2, 0.25) is 0 Å². The number of aromatic nitrogens is 4. The van der Waals surface area contributed by atoms with Crippen LogP contribution in [0.25, 0.3) is 22.7 Å². The SMILES string of the molecule is CCSc1cc(C(F)(F)F)cnc1-c1nc2cccnc2n1C. The van der Waals surface area contributed by atoms with Gasteiger partial charge in [0.15, 0.2) is 11.5 Å². The Balaban J connectivity index is 2.19. The molecule has 3 heterocycles. The van der Waals surface area contributed by atoms with E-state index in [1.165, 1.54) is 11.8 Å². The molecule has 0 bridgehead atoms. The first-order chi connectivity index (χ1) is 10.9. The highest BCUT2D eigenvalue weighted by atomic mass is 32.2. The number of halogens is 3. The van der Waals surface area contributed by atoms with Gasteiger partial charge in [-0.15, -0.1) is 11.8 Å². The van der Waals surface area contributed by atoms with Crippen molar-refractivity contribution in [3.8, 4) is 11.5 Å². The molecule has 4 nitrogen and oxygen atoms in total. The van der Waals surface area contributed by atoms with Gasteiger partial charge >= 0.3 is 6.18 Å². The van der Waals surface area contributed by atoms with Crippen molar-refractivity contribution < 1.29 is 13.2 Å². The lowest BCUT2D eigenvalue weighted by molar-refractivity contribution is -0.138. The summed E-state index contributed by atoms with van der Waals surface area (Å²) in [6, 6.07) is 4.70. The molecule has 0 saturated carbocycles. The van der Waals surface area contributed by atoms with E-state index in [1.807, 2.05) is 13.0 Å². The number of fused-ring (bicyclic) bond motifs is 1. The van der Waals surface area contributed by atoms with Crippen molar-refractivity contribution in [1.29, 1.82) is 0 Å². The zero-order valence-corrected chi connectivity index (χ0v) is 13.2. The fraction of sp³-hybridized carbons (Fsp3) is 0.267. The molecular formula is C15H13F3N4S. The summed E-state index contributed by atoms with van der Waals surface area (Å²) in [5.74, 6) is 1.14. The van der Waals surface area contributed by atoms with Gasteiger partial charge in [-0.3, -0.25) is 4.98 Å². The Labute approximate surface area is 134 Å². The Morgan fingerprint density at radius 2 is 2.04 bits per heavy atom. The number of hydrogen-bond acceptors (Lipinski definition) is 4. The highest BCUT2D eigenvalue weighted by molar-refractivity contribution is 7.99. The number of nitrogens with zero attached hydrogens (tertiary/aromatic N) is 4. The van der Waals surface area contributed by atoms with Crippen molar-refractivity contribution in [3.05, 3.63) is 36.2 Å². The summed E-state index contributed by atoms with van der Waals surface area (Å²) in [5, 5.41) is 0. The van der Waals surface area contributed by atoms with Crippen LogP contribution in [-0.4, -0.2) is 25.3 Å². The molecule has 0 aromatic carbocycles. The Kier molecular flexibility index (Phi) is 4.01. The zero-order valence-electron chi connectivity index (χ0n) is 12.4. The number of imidazole rings is 1. The summed E-state index contributed by atoms with van der Waals surface area (Å²) in [6.07, 6.45) is -1.92. The van der Waals surface area contributed by atoms with Crippen LogP contribution in [-0.2, 0) is 13.2 Å². The number of thioether (sulfide) groups is 1. The van der Waals surface area contributed by atoms with Crippen LogP contribution < -0.4 is 0 Å². The molecule has 0 saturated heterocycles. The highest BCUT2D eigenvalue weighted by Gasteiger charge is 2.32. The molecule has 3 aromatic rings. The molecule has 0 fully saturated rings. The molecule has 0 atom stereocenters. The maximum Gasteiger partial charge on any atom is 0.417 e. The first-order valence-corrected chi connectivity index (χ1v) is 7.88. The number of hydrogen-bond donors (Lipinski definition) is 0. The number of rotatable bonds is 3. The average Bonchev–Trinajstić information content (AvgIpc) is 2.84. The van der Waals surface area contributed by atoms with E-state index in [4.69, 9.17) is 0 Å². The van der Waals surface area contributed by atoms with E-state index < -0.39 is 11.7 Å². The minimum Gasteiger partial charge on any atom is -0.310 e. The fourth-order valence-corrected chi connectivity index (χ4v) is 3.07. The van der Waals surface area contributed by atoms with E-state index in [2.05, 4.69) is 15.0 Å². The lowest BCUT2D eigenvalue weighted by atomic mass is 10.2. The lowest BCUT2D eigenvalue weighted by Crippen LogP contribution is -2.07. The van der Waals surface area contributed by atoms with Crippen LogP contribution >= 0.6 is 11.8 Å². The quantitative estimate of drug-likeness (QED) is 0.673. The van der Waals surface area contributed by atoms with E-state index in [9.17, 15) is 13.2 Å². The minimum atomic E-state index is -4.41. The molecule has 120 valence electrons. The zero-order chi connectivity index (χ0) is 16.6. The maximum atomic E-state index is 12.9. The Morgan fingerprint density at radius 1 is 1.26 bits per heavy atom. The fourth-order valence-electron chi connectivity index (χ4n) is 2.27. The largest absolute Gasteiger partial charge is 0.417 e. The van der Waals surface area contributed by atoms with Crippen molar-refractivity contribution in [1.82, 2.24) is 19.5 Å². The van der Waals surface area contributed by atoms with Gasteiger partial charge in [-0.1, -0.05) is 6.92 Å². The van der Waals surface area contributed by atoms with Crippen LogP contribution in [0.3, 0.4) is 0 Å². The smallest absolute Gasteiger partial charge is 0.310 e. The molecule has 8 heteroatoms. The molecule has 3 rings (SSSR count). The predicted molar refractivity (Wildman–Crippen MR) is 83.1 cm³/mol. The summed E-state index contributed by atoms with van der Waals surface area (Å²) < 4.78 is 40.5. The summed E-state index contributed by atoms with van der Waals surface area (Å²) in [5.41, 5.74) is 1.02. The van der Waals surface area contributed by atoms with Crippen molar-refractivity contribution in [2.24, 2.45) is 7.05 Å². The van der Waals surface area contributed by atoms with Crippen molar-refractivity contribution >= 4 is 22.9 Å². The van der Waals surface area contributed by atoms with Crippen LogP contribution in [0.15, 0.2) is 35.5 Å². The standard InChI is InChI=1S/C15H13F3N4S/c1-3-23-11-7-9(15(16,17)18)8-20-12(11)14-21-10-5-4-6-19-13(10)22(14)2/h4-8H,3H2,1-2H3. The molecule has 0 N–H and O–H groups in total. The van der Waals surface area contributed by atoms with Crippen LogP contribution in [0.1, 0.15) is 12.5 Å². The molecule has 0 unspecified atom stereocenters. The highest BCUT2D eigenvalue weighted by Crippen LogP contribution is 2.36. The summed E-state index contributed by atoms with van der Waals surface area (Å²) in [6.45, 7) is 1.88. The molecule has 0 radical (unpaired) electrons. The van der Waals surface area contributed by atoms with E-state index in [1.54, 1.807) is 23.9 Å². The molecule has 0 aliphatic carbocycles. The average molecular weight is 338 g/mol. The normalized spacial score (nSPS) is 12.0.